The van der Waals surface area contributed by atoms with Crippen molar-refractivity contribution in [3.63, 3.8) is 0 Å². The van der Waals surface area contributed by atoms with Gasteiger partial charge in [0.15, 0.2) is 0 Å². The van der Waals surface area contributed by atoms with Crippen LogP contribution in [-0.4, -0.2) is 0 Å². The predicted octanol–water partition coefficient (Wildman–Crippen LogP) is 2.61. The predicted molar refractivity (Wildman–Crippen MR) is 63.3 cm³/mol. The smallest absolute Gasteiger partial charge is 0.0493 e. The highest BCUT2D eigenvalue weighted by Gasteiger charge is 2.29. The molecule has 2 nitrogen and oxygen atoms in total. The quantitative estimate of drug-likeness (QED) is 0.586. The van der Waals surface area contributed by atoms with Gasteiger partial charge in [-0.05, 0) is 49.3 Å². The number of rotatable bonds is 3. The van der Waals surface area contributed by atoms with Crippen molar-refractivity contribution >= 4 is 0 Å². The third kappa shape index (κ3) is 1.92. The van der Waals surface area contributed by atoms with Gasteiger partial charge in [-0.1, -0.05) is 24.6 Å². The lowest BCUT2D eigenvalue weighted by Gasteiger charge is -2.35. The maximum atomic E-state index is 5.70. The Morgan fingerprint density at radius 3 is 2.27 bits per heavy atom. The first-order valence-corrected chi connectivity index (χ1v) is 5.76. The minimum atomic E-state index is 0.347. The summed E-state index contributed by atoms with van der Waals surface area (Å²) < 4.78 is 0. The highest BCUT2D eigenvalue weighted by atomic mass is 15.2. The molecular weight excluding hydrogens is 184 g/mol. The maximum absolute atomic E-state index is 5.70. The number of aryl methyl sites for hydroxylation is 2. The monoisotopic (exact) mass is 204 g/mol. The Morgan fingerprint density at radius 2 is 1.87 bits per heavy atom. The number of nitrogens with one attached hydrogen (secondary N) is 1. The topological polar surface area (TPSA) is 38.0 Å². The normalized spacial score (nSPS) is 18.6. The number of nitrogens with two attached hydrogens (primary N) is 1. The molecule has 0 heterocycles. The van der Waals surface area contributed by atoms with Crippen molar-refractivity contribution in [1.82, 2.24) is 5.43 Å². The van der Waals surface area contributed by atoms with E-state index in [-0.39, 0.29) is 0 Å². The molecule has 1 aliphatic carbocycles. The van der Waals surface area contributed by atoms with E-state index in [2.05, 4.69) is 37.5 Å². The molecule has 0 aromatic heterocycles. The standard InChI is InChI=1S/C13H20N2/c1-9-5-3-6-10(2)12(9)13(15-14)11-7-4-8-11/h3,5-6,11,13,15H,4,7-8,14H2,1-2H3. The van der Waals surface area contributed by atoms with Crippen LogP contribution in [0.25, 0.3) is 0 Å². The van der Waals surface area contributed by atoms with Gasteiger partial charge in [-0.15, -0.1) is 0 Å². The number of benzene rings is 1. The van der Waals surface area contributed by atoms with Crippen molar-refractivity contribution in [3.8, 4) is 0 Å². The summed E-state index contributed by atoms with van der Waals surface area (Å²) in [5.74, 6) is 6.43. The van der Waals surface area contributed by atoms with Crippen LogP contribution in [-0.2, 0) is 0 Å². The molecule has 1 aromatic rings. The SMILES string of the molecule is Cc1cccc(C)c1C(NN)C1CCC1. The van der Waals surface area contributed by atoms with Gasteiger partial charge in [0.2, 0.25) is 0 Å². The van der Waals surface area contributed by atoms with Crippen molar-refractivity contribution in [2.24, 2.45) is 11.8 Å². The van der Waals surface area contributed by atoms with Gasteiger partial charge in [0, 0.05) is 6.04 Å². The van der Waals surface area contributed by atoms with Crippen molar-refractivity contribution in [2.45, 2.75) is 39.2 Å². The fraction of sp³-hybridized carbons (Fsp3) is 0.538. The summed E-state index contributed by atoms with van der Waals surface area (Å²) in [5.41, 5.74) is 7.11. The summed E-state index contributed by atoms with van der Waals surface area (Å²) >= 11 is 0. The summed E-state index contributed by atoms with van der Waals surface area (Å²) in [4.78, 5) is 0. The molecule has 1 aliphatic rings. The largest absolute Gasteiger partial charge is 0.271 e. The molecule has 0 amide bonds. The molecule has 2 heteroatoms. The van der Waals surface area contributed by atoms with Crippen molar-refractivity contribution < 1.29 is 0 Å². The Morgan fingerprint density at radius 1 is 1.27 bits per heavy atom. The summed E-state index contributed by atoms with van der Waals surface area (Å²) in [5, 5.41) is 0. The Bertz CT molecular complexity index is 322. The van der Waals surface area contributed by atoms with Gasteiger partial charge in [0.25, 0.3) is 0 Å². The van der Waals surface area contributed by atoms with Crippen molar-refractivity contribution in [1.29, 1.82) is 0 Å². The fourth-order valence-corrected chi connectivity index (χ4v) is 2.55. The van der Waals surface area contributed by atoms with Crippen LogP contribution in [0.5, 0.6) is 0 Å². The lowest BCUT2D eigenvalue weighted by Crippen LogP contribution is -2.37. The summed E-state index contributed by atoms with van der Waals surface area (Å²) in [6.07, 6.45) is 3.97. The molecule has 15 heavy (non-hydrogen) atoms. The second-order valence-corrected chi connectivity index (χ2v) is 4.64. The number of hydrogen-bond acceptors (Lipinski definition) is 2. The van der Waals surface area contributed by atoms with Crippen LogP contribution in [0.3, 0.4) is 0 Å². The van der Waals surface area contributed by atoms with Gasteiger partial charge < -0.3 is 0 Å². The first-order chi connectivity index (χ1) is 7.24. The Labute approximate surface area is 91.8 Å². The van der Waals surface area contributed by atoms with E-state index in [9.17, 15) is 0 Å². The van der Waals surface area contributed by atoms with Crippen molar-refractivity contribution in [2.75, 3.05) is 0 Å². The minimum absolute atomic E-state index is 0.347. The highest BCUT2D eigenvalue weighted by molar-refractivity contribution is 5.36. The molecule has 0 bridgehead atoms. The second-order valence-electron chi connectivity index (χ2n) is 4.64. The van der Waals surface area contributed by atoms with E-state index >= 15 is 0 Å². The lowest BCUT2D eigenvalue weighted by molar-refractivity contribution is 0.231. The van der Waals surface area contributed by atoms with Crippen LogP contribution in [0.15, 0.2) is 18.2 Å². The van der Waals surface area contributed by atoms with Gasteiger partial charge in [-0.2, -0.15) is 0 Å². The van der Waals surface area contributed by atoms with Gasteiger partial charge >= 0.3 is 0 Å². The van der Waals surface area contributed by atoms with Gasteiger partial charge in [0.05, 0.1) is 0 Å². The molecule has 0 spiro atoms. The zero-order valence-electron chi connectivity index (χ0n) is 9.59. The fourth-order valence-electron chi connectivity index (χ4n) is 2.55. The molecule has 1 aromatic carbocycles. The van der Waals surface area contributed by atoms with E-state index in [1.165, 1.54) is 36.0 Å². The zero-order chi connectivity index (χ0) is 10.8. The van der Waals surface area contributed by atoms with Crippen molar-refractivity contribution in [3.05, 3.63) is 34.9 Å². The second kappa shape index (κ2) is 4.33. The Balaban J connectivity index is 2.32. The zero-order valence-corrected chi connectivity index (χ0v) is 9.59. The van der Waals surface area contributed by atoms with E-state index in [0.29, 0.717) is 6.04 Å². The molecule has 0 radical (unpaired) electrons. The Kier molecular flexibility index (Phi) is 3.08. The number of hydrogen-bond donors (Lipinski definition) is 2. The molecule has 1 atom stereocenters. The van der Waals surface area contributed by atoms with Gasteiger partial charge in [-0.3, -0.25) is 11.3 Å². The van der Waals surface area contributed by atoms with Crippen LogP contribution in [0.1, 0.15) is 42.0 Å². The average Bonchev–Trinajstić information content (AvgIpc) is 2.12. The Hall–Kier alpha value is -0.860. The number of hydrazine groups is 1. The van der Waals surface area contributed by atoms with Crippen LogP contribution in [0.4, 0.5) is 0 Å². The molecule has 1 saturated carbocycles. The lowest BCUT2D eigenvalue weighted by atomic mass is 9.75. The van der Waals surface area contributed by atoms with E-state index in [1.54, 1.807) is 0 Å². The molecule has 0 aliphatic heterocycles. The highest BCUT2D eigenvalue weighted by Crippen LogP contribution is 2.39. The molecule has 3 N–H and O–H groups in total. The summed E-state index contributed by atoms with van der Waals surface area (Å²) in [7, 11) is 0. The van der Waals surface area contributed by atoms with Crippen LogP contribution >= 0.6 is 0 Å². The third-order valence-corrected chi connectivity index (χ3v) is 3.65. The van der Waals surface area contributed by atoms with Gasteiger partial charge in [0.1, 0.15) is 0 Å². The minimum Gasteiger partial charge on any atom is -0.271 e. The van der Waals surface area contributed by atoms with E-state index < -0.39 is 0 Å². The first-order valence-electron chi connectivity index (χ1n) is 5.76. The summed E-state index contributed by atoms with van der Waals surface area (Å²) in [6, 6.07) is 6.80. The maximum Gasteiger partial charge on any atom is 0.0493 e. The molecular formula is C13H20N2. The van der Waals surface area contributed by atoms with Crippen LogP contribution < -0.4 is 11.3 Å². The average molecular weight is 204 g/mol. The van der Waals surface area contributed by atoms with E-state index in [4.69, 9.17) is 5.84 Å². The third-order valence-electron chi connectivity index (χ3n) is 3.65. The van der Waals surface area contributed by atoms with Gasteiger partial charge in [-0.25, -0.2) is 0 Å². The molecule has 1 unspecified atom stereocenters. The van der Waals surface area contributed by atoms with Crippen LogP contribution in [0, 0.1) is 19.8 Å². The molecule has 82 valence electrons. The van der Waals surface area contributed by atoms with E-state index in [0.717, 1.165) is 5.92 Å². The summed E-state index contributed by atoms with van der Waals surface area (Å²) in [6.45, 7) is 4.34. The first kappa shape index (κ1) is 10.7. The molecule has 1 fully saturated rings. The van der Waals surface area contributed by atoms with E-state index in [1.807, 2.05) is 0 Å². The molecule has 2 rings (SSSR count). The van der Waals surface area contributed by atoms with Crippen LogP contribution in [0.2, 0.25) is 0 Å². The molecule has 0 saturated heterocycles.